The Morgan fingerprint density at radius 2 is 1.75 bits per heavy atom. The van der Waals surface area contributed by atoms with Crippen molar-refractivity contribution in [1.29, 1.82) is 0 Å². The summed E-state index contributed by atoms with van der Waals surface area (Å²) in [6, 6.07) is 15.4. The molecule has 0 aliphatic carbocycles. The van der Waals surface area contributed by atoms with E-state index in [0.29, 0.717) is 13.0 Å². The lowest BCUT2D eigenvalue weighted by Gasteiger charge is -2.28. The molecule has 1 aliphatic rings. The molecule has 6 heteroatoms. The predicted molar refractivity (Wildman–Crippen MR) is 90.5 cm³/mol. The van der Waals surface area contributed by atoms with Gasteiger partial charge < -0.3 is 4.74 Å². The van der Waals surface area contributed by atoms with E-state index >= 15 is 0 Å². The summed E-state index contributed by atoms with van der Waals surface area (Å²) in [4.78, 5) is 0. The van der Waals surface area contributed by atoms with Gasteiger partial charge in [0.05, 0.1) is 25.0 Å². The van der Waals surface area contributed by atoms with Gasteiger partial charge in [0.25, 0.3) is 0 Å². The van der Waals surface area contributed by atoms with E-state index in [-0.39, 0.29) is 30.8 Å². The van der Waals surface area contributed by atoms with Crippen molar-refractivity contribution in [3.8, 4) is 0 Å². The third-order valence-corrected chi connectivity index (χ3v) is 5.95. The molecule has 0 spiro atoms. The van der Waals surface area contributed by atoms with Crippen LogP contribution < -0.4 is 0 Å². The molecule has 0 unspecified atom stereocenters. The van der Waals surface area contributed by atoms with Crippen LogP contribution in [0.25, 0.3) is 0 Å². The van der Waals surface area contributed by atoms with Gasteiger partial charge in [-0.3, -0.25) is 0 Å². The van der Waals surface area contributed by atoms with E-state index in [4.69, 9.17) is 4.74 Å². The van der Waals surface area contributed by atoms with Crippen LogP contribution in [0.15, 0.2) is 54.6 Å². The van der Waals surface area contributed by atoms with Crippen molar-refractivity contribution in [1.82, 2.24) is 4.31 Å². The van der Waals surface area contributed by atoms with Gasteiger partial charge in [0.2, 0.25) is 10.0 Å². The van der Waals surface area contributed by atoms with Crippen LogP contribution in [0.3, 0.4) is 0 Å². The van der Waals surface area contributed by atoms with Crippen LogP contribution >= 0.6 is 0 Å². The number of nitrogens with zero attached hydrogens (tertiary/aromatic N) is 1. The molecule has 0 amide bonds. The quantitative estimate of drug-likeness (QED) is 0.852. The van der Waals surface area contributed by atoms with Crippen molar-refractivity contribution in [3.63, 3.8) is 0 Å². The Kier molecular flexibility index (Phi) is 5.28. The molecule has 3 rings (SSSR count). The molecular formula is C18H20FNO3S. The van der Waals surface area contributed by atoms with Gasteiger partial charge in [0, 0.05) is 6.54 Å². The fraction of sp³-hybridized carbons (Fsp3) is 0.333. The average Bonchev–Trinajstić information content (AvgIpc) is 2.70. The molecule has 2 aromatic carbocycles. The van der Waals surface area contributed by atoms with Crippen LogP contribution in [-0.2, 0) is 27.7 Å². The van der Waals surface area contributed by atoms with Crippen LogP contribution in [0, 0.1) is 5.82 Å². The Bertz CT molecular complexity index is 763. The first-order valence-corrected chi connectivity index (χ1v) is 9.51. The zero-order valence-corrected chi connectivity index (χ0v) is 14.1. The van der Waals surface area contributed by atoms with Crippen LogP contribution in [0.5, 0.6) is 0 Å². The predicted octanol–water partition coefficient (Wildman–Crippen LogP) is 2.60. The first-order chi connectivity index (χ1) is 11.5. The summed E-state index contributed by atoms with van der Waals surface area (Å²) >= 11 is 0. The number of halogens is 1. The molecule has 0 saturated carbocycles. The van der Waals surface area contributed by atoms with Crippen LogP contribution in [0.2, 0.25) is 0 Å². The number of benzene rings is 2. The third-order valence-electron chi connectivity index (χ3n) is 4.13. The van der Waals surface area contributed by atoms with E-state index in [1.807, 2.05) is 30.3 Å². The fourth-order valence-corrected chi connectivity index (χ4v) is 4.35. The fourth-order valence-electron chi connectivity index (χ4n) is 2.86. The first-order valence-electron chi connectivity index (χ1n) is 7.90. The molecule has 2 aromatic rings. The van der Waals surface area contributed by atoms with Crippen LogP contribution in [0.4, 0.5) is 4.39 Å². The molecule has 1 saturated heterocycles. The standard InChI is InChI=1S/C18H20FNO3S/c19-17-8-6-16(7-9-17)13-20-18(12-15-4-2-1-3-5-15)14-23-10-11-24(20,21)22/h1-9,18H,10-14H2/t18-/m0/s1. The maximum absolute atomic E-state index is 13.1. The molecule has 0 bridgehead atoms. The van der Waals surface area contributed by atoms with Gasteiger partial charge in [-0.2, -0.15) is 4.31 Å². The summed E-state index contributed by atoms with van der Waals surface area (Å²) in [6.07, 6.45) is 0.585. The number of hydrogen-bond donors (Lipinski definition) is 0. The second kappa shape index (κ2) is 7.42. The van der Waals surface area contributed by atoms with Crippen molar-refractivity contribution in [2.45, 2.75) is 19.0 Å². The minimum absolute atomic E-state index is 0.0283. The molecule has 0 N–H and O–H groups in total. The highest BCUT2D eigenvalue weighted by atomic mass is 32.2. The van der Waals surface area contributed by atoms with Crippen LogP contribution in [-0.4, -0.2) is 37.7 Å². The van der Waals surface area contributed by atoms with Crippen molar-refractivity contribution in [3.05, 3.63) is 71.5 Å². The highest BCUT2D eigenvalue weighted by Crippen LogP contribution is 2.20. The second-order valence-corrected chi connectivity index (χ2v) is 7.95. The topological polar surface area (TPSA) is 46.6 Å². The lowest BCUT2D eigenvalue weighted by Crippen LogP contribution is -2.42. The summed E-state index contributed by atoms with van der Waals surface area (Å²) in [5.41, 5.74) is 1.83. The number of hydrogen-bond acceptors (Lipinski definition) is 3. The lowest BCUT2D eigenvalue weighted by atomic mass is 10.1. The molecule has 24 heavy (non-hydrogen) atoms. The lowest BCUT2D eigenvalue weighted by molar-refractivity contribution is 0.109. The van der Waals surface area contributed by atoms with Gasteiger partial charge in [-0.05, 0) is 29.7 Å². The molecule has 1 aliphatic heterocycles. The van der Waals surface area contributed by atoms with E-state index in [1.165, 1.54) is 16.4 Å². The molecule has 4 nitrogen and oxygen atoms in total. The zero-order chi connectivity index (χ0) is 17.0. The Labute approximate surface area is 141 Å². The summed E-state index contributed by atoms with van der Waals surface area (Å²) < 4.78 is 45.4. The number of ether oxygens (including phenoxy) is 1. The van der Waals surface area contributed by atoms with E-state index in [2.05, 4.69) is 0 Å². The van der Waals surface area contributed by atoms with Gasteiger partial charge in [-0.25, -0.2) is 12.8 Å². The Morgan fingerprint density at radius 3 is 2.46 bits per heavy atom. The summed E-state index contributed by atoms with van der Waals surface area (Å²) in [5, 5.41) is 0. The van der Waals surface area contributed by atoms with E-state index in [9.17, 15) is 12.8 Å². The normalized spacial score (nSPS) is 21.3. The minimum atomic E-state index is -3.42. The van der Waals surface area contributed by atoms with Gasteiger partial charge in [-0.1, -0.05) is 42.5 Å². The maximum atomic E-state index is 13.1. The Balaban J connectivity index is 1.86. The Hall–Kier alpha value is -1.76. The molecule has 0 radical (unpaired) electrons. The number of rotatable bonds is 4. The van der Waals surface area contributed by atoms with E-state index in [1.54, 1.807) is 12.1 Å². The molecule has 0 aromatic heterocycles. The van der Waals surface area contributed by atoms with E-state index in [0.717, 1.165) is 11.1 Å². The Morgan fingerprint density at radius 1 is 1.04 bits per heavy atom. The monoisotopic (exact) mass is 349 g/mol. The van der Waals surface area contributed by atoms with Crippen molar-refractivity contribution >= 4 is 10.0 Å². The molecule has 128 valence electrons. The first kappa shape index (κ1) is 17.1. The summed E-state index contributed by atoms with van der Waals surface area (Å²) in [6.45, 7) is 0.784. The van der Waals surface area contributed by atoms with E-state index < -0.39 is 10.0 Å². The smallest absolute Gasteiger partial charge is 0.217 e. The summed E-state index contributed by atoms with van der Waals surface area (Å²) in [7, 11) is -3.42. The second-order valence-electron chi connectivity index (χ2n) is 5.91. The molecule has 1 fully saturated rings. The third kappa shape index (κ3) is 4.20. The van der Waals surface area contributed by atoms with Gasteiger partial charge in [0.15, 0.2) is 0 Å². The SMILES string of the molecule is O=S1(=O)CCOC[C@H](Cc2ccccc2)N1Cc1ccc(F)cc1. The summed E-state index contributed by atoms with van der Waals surface area (Å²) in [5.74, 6) is -0.360. The molecule has 1 atom stereocenters. The highest BCUT2D eigenvalue weighted by Gasteiger charge is 2.32. The van der Waals surface area contributed by atoms with Crippen molar-refractivity contribution in [2.24, 2.45) is 0 Å². The highest BCUT2D eigenvalue weighted by molar-refractivity contribution is 7.89. The van der Waals surface area contributed by atoms with Gasteiger partial charge in [0.1, 0.15) is 5.82 Å². The number of sulfonamides is 1. The van der Waals surface area contributed by atoms with Crippen molar-refractivity contribution in [2.75, 3.05) is 19.0 Å². The molecular weight excluding hydrogens is 329 g/mol. The minimum Gasteiger partial charge on any atom is -0.379 e. The zero-order valence-electron chi connectivity index (χ0n) is 13.3. The van der Waals surface area contributed by atoms with Gasteiger partial charge in [-0.15, -0.1) is 0 Å². The van der Waals surface area contributed by atoms with Crippen molar-refractivity contribution < 1.29 is 17.5 Å². The average molecular weight is 349 g/mol. The largest absolute Gasteiger partial charge is 0.379 e. The molecule has 1 heterocycles. The van der Waals surface area contributed by atoms with Crippen LogP contribution in [0.1, 0.15) is 11.1 Å². The maximum Gasteiger partial charge on any atom is 0.217 e. The van der Waals surface area contributed by atoms with Gasteiger partial charge >= 0.3 is 0 Å².